The Morgan fingerprint density at radius 1 is 1.33 bits per heavy atom. The fourth-order valence-corrected chi connectivity index (χ4v) is 2.59. The van der Waals surface area contributed by atoms with Gasteiger partial charge in [-0.25, -0.2) is 0 Å². The molecule has 0 radical (unpaired) electrons. The largest absolute Gasteiger partial charge is 0.486 e. The van der Waals surface area contributed by atoms with Gasteiger partial charge in [0, 0.05) is 18.2 Å². The number of rotatable bonds is 6. The van der Waals surface area contributed by atoms with Crippen LogP contribution in [-0.2, 0) is 11.2 Å². The average molecular weight is 358 g/mol. The minimum atomic E-state index is -0.517. The van der Waals surface area contributed by atoms with Crippen LogP contribution in [-0.4, -0.2) is 36.6 Å². The Kier molecular flexibility index (Phi) is 5.84. The first-order chi connectivity index (χ1) is 11.0. The molecule has 0 aromatic heterocycles. The van der Waals surface area contributed by atoms with Gasteiger partial charge in [0.25, 0.3) is 5.69 Å². The fourth-order valence-electron chi connectivity index (χ4n) is 2.59. The van der Waals surface area contributed by atoms with E-state index in [-0.39, 0.29) is 36.5 Å². The summed E-state index contributed by atoms with van der Waals surface area (Å²) < 4.78 is 10.8. The van der Waals surface area contributed by atoms with Crippen LogP contribution in [0, 0.1) is 16.0 Å². The molecule has 8 nitrogen and oxygen atoms in total. The summed E-state index contributed by atoms with van der Waals surface area (Å²) in [5, 5.41) is 14.0. The number of hydrogen-bond donors (Lipinski definition) is 2. The maximum Gasteiger partial charge on any atom is 0.277 e. The van der Waals surface area contributed by atoms with Gasteiger partial charge in [0.15, 0.2) is 11.5 Å². The van der Waals surface area contributed by atoms with Gasteiger partial charge in [-0.3, -0.25) is 14.9 Å². The summed E-state index contributed by atoms with van der Waals surface area (Å²) >= 11 is 0. The number of halogens is 1. The Hall–Kier alpha value is -2.06. The SMILES string of the molecule is Cl.NC(CNC(=O)Cc1cc2c(cc1[N+](=O)[O-])OCCO2)C1CC1. The first-order valence-electron chi connectivity index (χ1n) is 7.64. The highest BCUT2D eigenvalue weighted by Gasteiger charge is 2.29. The summed E-state index contributed by atoms with van der Waals surface area (Å²) in [4.78, 5) is 22.7. The van der Waals surface area contributed by atoms with Crippen LogP contribution in [0.4, 0.5) is 5.69 Å². The lowest BCUT2D eigenvalue weighted by Gasteiger charge is -2.19. The predicted molar refractivity (Wildman–Crippen MR) is 88.7 cm³/mol. The maximum atomic E-state index is 12.0. The quantitative estimate of drug-likeness (QED) is 0.583. The van der Waals surface area contributed by atoms with Gasteiger partial charge in [0.05, 0.1) is 17.4 Å². The molecule has 1 fully saturated rings. The number of hydrogen-bond acceptors (Lipinski definition) is 6. The maximum absolute atomic E-state index is 12.0. The zero-order chi connectivity index (χ0) is 16.4. The molecule has 0 bridgehead atoms. The van der Waals surface area contributed by atoms with E-state index in [1.54, 1.807) is 0 Å². The van der Waals surface area contributed by atoms with Crippen LogP contribution in [0.5, 0.6) is 11.5 Å². The molecule has 3 N–H and O–H groups in total. The fraction of sp³-hybridized carbons (Fsp3) is 0.533. The van der Waals surface area contributed by atoms with Gasteiger partial charge in [0.1, 0.15) is 13.2 Å². The van der Waals surface area contributed by atoms with Gasteiger partial charge in [-0.1, -0.05) is 0 Å². The molecular weight excluding hydrogens is 338 g/mol. The van der Waals surface area contributed by atoms with E-state index in [2.05, 4.69) is 5.32 Å². The lowest BCUT2D eigenvalue weighted by Crippen LogP contribution is -2.39. The summed E-state index contributed by atoms with van der Waals surface area (Å²) in [5.74, 6) is 0.960. The summed E-state index contributed by atoms with van der Waals surface area (Å²) in [6.07, 6.45) is 2.11. The first kappa shape index (κ1) is 18.3. The molecule has 0 spiro atoms. The summed E-state index contributed by atoms with van der Waals surface area (Å²) in [6.45, 7) is 1.12. The Labute approximate surface area is 145 Å². The molecule has 24 heavy (non-hydrogen) atoms. The van der Waals surface area contributed by atoms with Gasteiger partial charge in [-0.15, -0.1) is 12.4 Å². The zero-order valence-corrected chi connectivity index (χ0v) is 13.8. The number of nitrogens with zero attached hydrogens (tertiary/aromatic N) is 1. The topological polar surface area (TPSA) is 117 Å². The van der Waals surface area contributed by atoms with Gasteiger partial charge in [0.2, 0.25) is 5.91 Å². The lowest BCUT2D eigenvalue weighted by molar-refractivity contribution is -0.385. The van der Waals surface area contributed by atoms with Crippen LogP contribution in [0.2, 0.25) is 0 Å². The van der Waals surface area contributed by atoms with Crippen LogP contribution in [0.15, 0.2) is 12.1 Å². The Morgan fingerprint density at radius 2 is 1.96 bits per heavy atom. The summed E-state index contributed by atoms with van der Waals surface area (Å²) in [7, 11) is 0. The van der Waals surface area contributed by atoms with Gasteiger partial charge >= 0.3 is 0 Å². The third-order valence-corrected chi connectivity index (χ3v) is 4.05. The van der Waals surface area contributed by atoms with Crippen molar-refractivity contribution in [2.24, 2.45) is 11.7 Å². The van der Waals surface area contributed by atoms with E-state index in [9.17, 15) is 14.9 Å². The third-order valence-electron chi connectivity index (χ3n) is 4.05. The molecule has 132 valence electrons. The van der Waals surface area contributed by atoms with Gasteiger partial charge < -0.3 is 20.5 Å². The highest BCUT2D eigenvalue weighted by molar-refractivity contribution is 5.85. The summed E-state index contributed by atoms with van der Waals surface area (Å²) in [6, 6.07) is 2.77. The second-order valence-electron chi connectivity index (χ2n) is 5.86. The van der Waals surface area contributed by atoms with Gasteiger partial charge in [-0.2, -0.15) is 0 Å². The number of fused-ring (bicyclic) bond motifs is 1. The van der Waals surface area contributed by atoms with Crippen LogP contribution in [0.1, 0.15) is 18.4 Å². The van der Waals surface area contributed by atoms with Crippen molar-refractivity contribution >= 4 is 24.0 Å². The summed E-state index contributed by atoms with van der Waals surface area (Å²) in [5.41, 5.74) is 6.09. The van der Waals surface area contributed by atoms with E-state index >= 15 is 0 Å². The van der Waals surface area contributed by atoms with Crippen LogP contribution >= 0.6 is 12.4 Å². The van der Waals surface area contributed by atoms with E-state index in [0.29, 0.717) is 42.7 Å². The molecule has 9 heteroatoms. The van der Waals surface area contributed by atoms with E-state index < -0.39 is 4.92 Å². The number of carbonyl (C=O) groups excluding carboxylic acids is 1. The molecule has 0 saturated heterocycles. The number of benzene rings is 1. The molecule has 1 atom stereocenters. The van der Waals surface area contributed by atoms with Crippen LogP contribution in [0.25, 0.3) is 0 Å². The second kappa shape index (κ2) is 7.67. The molecule has 1 saturated carbocycles. The van der Waals surface area contributed by atoms with Gasteiger partial charge in [-0.05, 0) is 24.8 Å². The minimum Gasteiger partial charge on any atom is -0.486 e. The first-order valence-corrected chi connectivity index (χ1v) is 7.64. The molecule has 1 aromatic rings. The molecule has 2 aliphatic rings. The molecule has 1 aliphatic carbocycles. The van der Waals surface area contributed by atoms with Crippen molar-refractivity contribution in [3.63, 3.8) is 0 Å². The van der Waals surface area contributed by atoms with E-state index in [1.165, 1.54) is 12.1 Å². The molecule has 1 aromatic carbocycles. The normalized spacial score (nSPS) is 16.7. The number of nitrogens with one attached hydrogen (secondary N) is 1. The minimum absolute atomic E-state index is 0. The third kappa shape index (κ3) is 4.27. The predicted octanol–water partition coefficient (Wildman–Crippen LogP) is 1.18. The number of carbonyl (C=O) groups is 1. The van der Waals surface area contributed by atoms with Crippen LogP contribution in [0.3, 0.4) is 0 Å². The van der Waals surface area contributed by atoms with E-state index in [0.717, 1.165) is 12.8 Å². The van der Waals surface area contributed by atoms with Crippen LogP contribution < -0.4 is 20.5 Å². The van der Waals surface area contributed by atoms with Crippen molar-refractivity contribution in [2.45, 2.75) is 25.3 Å². The lowest BCUT2D eigenvalue weighted by atomic mass is 10.1. The molecule has 1 heterocycles. The van der Waals surface area contributed by atoms with Crippen molar-refractivity contribution in [3.05, 3.63) is 27.8 Å². The van der Waals surface area contributed by atoms with Crippen molar-refractivity contribution < 1.29 is 19.2 Å². The van der Waals surface area contributed by atoms with Crippen molar-refractivity contribution in [2.75, 3.05) is 19.8 Å². The molecule has 1 unspecified atom stereocenters. The second-order valence-corrected chi connectivity index (χ2v) is 5.86. The smallest absolute Gasteiger partial charge is 0.277 e. The number of nitro benzene ring substituents is 1. The number of amides is 1. The van der Waals surface area contributed by atoms with E-state index in [1.807, 2.05) is 0 Å². The average Bonchev–Trinajstić information content (AvgIpc) is 3.36. The molecule has 3 rings (SSSR count). The number of ether oxygens (including phenoxy) is 2. The Bertz CT molecular complexity index is 636. The monoisotopic (exact) mass is 357 g/mol. The Balaban J connectivity index is 0.00000208. The number of nitrogens with two attached hydrogens (primary N) is 1. The molecule has 1 aliphatic heterocycles. The number of nitro groups is 1. The zero-order valence-electron chi connectivity index (χ0n) is 13.0. The van der Waals surface area contributed by atoms with Crippen molar-refractivity contribution in [3.8, 4) is 11.5 Å². The Morgan fingerprint density at radius 3 is 2.54 bits per heavy atom. The standard InChI is InChI=1S/C15H19N3O5.ClH/c16-11(9-1-2-9)8-17-15(19)6-10-5-13-14(23-4-3-22-13)7-12(10)18(20)21;/h5,7,9,11H,1-4,6,8,16H2,(H,17,19);1H. The van der Waals surface area contributed by atoms with Crippen molar-refractivity contribution in [1.82, 2.24) is 5.32 Å². The van der Waals surface area contributed by atoms with E-state index in [4.69, 9.17) is 15.2 Å². The molecular formula is C15H20ClN3O5. The highest BCUT2D eigenvalue weighted by atomic mass is 35.5. The van der Waals surface area contributed by atoms with Crippen molar-refractivity contribution in [1.29, 1.82) is 0 Å². The highest BCUT2D eigenvalue weighted by Crippen LogP contribution is 2.36. The molecule has 1 amide bonds.